The van der Waals surface area contributed by atoms with Gasteiger partial charge in [0.2, 0.25) is 0 Å². The number of anilines is 1. The summed E-state index contributed by atoms with van der Waals surface area (Å²) in [5.74, 6) is 1.10. The minimum atomic E-state index is -0.447. The summed E-state index contributed by atoms with van der Waals surface area (Å²) < 4.78 is 5.54. The van der Waals surface area contributed by atoms with Gasteiger partial charge < -0.3 is 10.1 Å². The first-order valence-corrected chi connectivity index (χ1v) is 6.53. The van der Waals surface area contributed by atoms with Crippen LogP contribution < -0.4 is 10.1 Å². The molecule has 8 heteroatoms. The Morgan fingerprint density at radius 1 is 1.33 bits per heavy atom. The van der Waals surface area contributed by atoms with Crippen LogP contribution in [0, 0.1) is 10.1 Å². The molecular formula is C13H17N5O3. The Hall–Kier alpha value is -2.64. The molecule has 1 aromatic heterocycles. The van der Waals surface area contributed by atoms with Crippen LogP contribution >= 0.6 is 0 Å². The number of hydrogen-bond donors (Lipinski definition) is 2. The van der Waals surface area contributed by atoms with Crippen LogP contribution in [-0.2, 0) is 0 Å². The Morgan fingerprint density at radius 3 is 2.67 bits per heavy atom. The second kappa shape index (κ2) is 6.21. The molecule has 0 aliphatic rings. The maximum absolute atomic E-state index is 11.0. The van der Waals surface area contributed by atoms with Crippen molar-refractivity contribution < 1.29 is 9.66 Å². The quantitative estimate of drug-likeness (QED) is 0.626. The summed E-state index contributed by atoms with van der Waals surface area (Å²) in [5, 5.41) is 20.7. The van der Waals surface area contributed by atoms with Gasteiger partial charge in [-0.3, -0.25) is 15.2 Å². The number of benzene rings is 1. The second-order valence-electron chi connectivity index (χ2n) is 4.88. The van der Waals surface area contributed by atoms with E-state index in [0.29, 0.717) is 17.3 Å². The summed E-state index contributed by atoms with van der Waals surface area (Å²) in [7, 11) is 0. The fraction of sp³-hybridized carbons (Fsp3) is 0.385. The van der Waals surface area contributed by atoms with Crippen LogP contribution in [0.1, 0.15) is 32.6 Å². The zero-order valence-electron chi connectivity index (χ0n) is 12.0. The molecule has 2 aromatic rings. The van der Waals surface area contributed by atoms with Crippen molar-refractivity contribution in [2.75, 3.05) is 5.32 Å². The van der Waals surface area contributed by atoms with E-state index in [1.807, 2.05) is 20.8 Å². The van der Waals surface area contributed by atoms with Gasteiger partial charge in [0.15, 0.2) is 0 Å². The summed E-state index contributed by atoms with van der Waals surface area (Å²) in [5.41, 5.74) is 0.559. The van der Waals surface area contributed by atoms with Crippen molar-refractivity contribution in [1.29, 1.82) is 0 Å². The molecule has 2 rings (SSSR count). The van der Waals surface area contributed by atoms with Crippen LogP contribution in [0.5, 0.6) is 5.75 Å². The molecule has 112 valence electrons. The number of nitro benzene ring substituents is 1. The second-order valence-corrected chi connectivity index (χ2v) is 4.88. The third kappa shape index (κ3) is 3.91. The Kier molecular flexibility index (Phi) is 4.36. The summed E-state index contributed by atoms with van der Waals surface area (Å²) in [4.78, 5) is 14.6. The van der Waals surface area contributed by atoms with Gasteiger partial charge in [-0.05, 0) is 20.8 Å². The Bertz CT molecular complexity index is 612. The van der Waals surface area contributed by atoms with Crippen molar-refractivity contribution in [3.8, 4) is 5.75 Å². The zero-order valence-corrected chi connectivity index (χ0v) is 12.0. The molecule has 0 fully saturated rings. The molecule has 1 heterocycles. The number of ether oxygens (including phenoxy) is 1. The smallest absolute Gasteiger partial charge is 0.275 e. The molecule has 2 N–H and O–H groups in total. The predicted octanol–water partition coefficient (Wildman–Crippen LogP) is 2.67. The monoisotopic (exact) mass is 291 g/mol. The molecule has 0 saturated carbocycles. The Labute approximate surface area is 121 Å². The number of nitrogens with one attached hydrogen (secondary N) is 2. The topological polar surface area (TPSA) is 106 Å². The lowest BCUT2D eigenvalue weighted by atomic mass is 10.2. The molecule has 0 aliphatic heterocycles. The van der Waals surface area contributed by atoms with Gasteiger partial charge in [-0.1, -0.05) is 0 Å². The van der Waals surface area contributed by atoms with Crippen molar-refractivity contribution in [2.45, 2.75) is 32.9 Å². The molecule has 0 spiro atoms. The van der Waals surface area contributed by atoms with E-state index in [4.69, 9.17) is 4.74 Å². The molecule has 1 unspecified atom stereocenters. The first-order valence-electron chi connectivity index (χ1n) is 6.53. The van der Waals surface area contributed by atoms with Gasteiger partial charge in [0, 0.05) is 17.8 Å². The molecule has 0 amide bonds. The fourth-order valence-corrected chi connectivity index (χ4v) is 1.85. The van der Waals surface area contributed by atoms with E-state index in [0.717, 1.165) is 0 Å². The highest BCUT2D eigenvalue weighted by atomic mass is 16.6. The van der Waals surface area contributed by atoms with Gasteiger partial charge in [-0.25, -0.2) is 4.98 Å². The first kappa shape index (κ1) is 14.8. The third-order valence-corrected chi connectivity index (χ3v) is 2.70. The van der Waals surface area contributed by atoms with E-state index in [2.05, 4.69) is 20.5 Å². The van der Waals surface area contributed by atoms with E-state index in [1.54, 1.807) is 6.07 Å². The van der Waals surface area contributed by atoms with Crippen molar-refractivity contribution in [1.82, 2.24) is 15.2 Å². The van der Waals surface area contributed by atoms with Gasteiger partial charge in [0.1, 0.15) is 17.9 Å². The van der Waals surface area contributed by atoms with E-state index < -0.39 is 4.92 Å². The molecule has 0 radical (unpaired) electrons. The minimum Gasteiger partial charge on any atom is -0.491 e. The average molecular weight is 291 g/mol. The molecule has 21 heavy (non-hydrogen) atoms. The highest BCUT2D eigenvalue weighted by Crippen LogP contribution is 2.28. The number of aromatic nitrogens is 3. The van der Waals surface area contributed by atoms with Gasteiger partial charge in [0.25, 0.3) is 5.69 Å². The normalized spacial score (nSPS) is 12.2. The van der Waals surface area contributed by atoms with E-state index >= 15 is 0 Å². The largest absolute Gasteiger partial charge is 0.491 e. The van der Waals surface area contributed by atoms with Crippen LogP contribution in [0.25, 0.3) is 0 Å². The molecule has 1 atom stereocenters. The number of nitro groups is 1. The molecule has 0 bridgehead atoms. The minimum absolute atomic E-state index is 0.0274. The van der Waals surface area contributed by atoms with Crippen LogP contribution in [-0.4, -0.2) is 26.2 Å². The van der Waals surface area contributed by atoms with Crippen LogP contribution in [0.15, 0.2) is 24.5 Å². The third-order valence-electron chi connectivity index (χ3n) is 2.70. The van der Waals surface area contributed by atoms with Gasteiger partial charge in [0.05, 0.1) is 23.1 Å². The fourth-order valence-electron chi connectivity index (χ4n) is 1.85. The number of rotatable bonds is 6. The molecule has 8 nitrogen and oxygen atoms in total. The van der Waals surface area contributed by atoms with Crippen LogP contribution in [0.3, 0.4) is 0 Å². The molecular weight excluding hydrogens is 274 g/mol. The van der Waals surface area contributed by atoms with E-state index in [9.17, 15) is 10.1 Å². The zero-order chi connectivity index (χ0) is 15.4. The number of aromatic amines is 1. The standard InChI is InChI=1S/C13H17N5O3/c1-8(2)21-12-5-10(4-11(6-12)18(19)20)16-9(3)13-14-7-15-17-13/h4-9,16H,1-3H3,(H,14,15,17). The van der Waals surface area contributed by atoms with Gasteiger partial charge in [-0.15, -0.1) is 0 Å². The lowest BCUT2D eigenvalue weighted by Crippen LogP contribution is -2.10. The number of H-pyrrole nitrogens is 1. The lowest BCUT2D eigenvalue weighted by molar-refractivity contribution is -0.384. The number of hydrogen-bond acceptors (Lipinski definition) is 6. The SMILES string of the molecule is CC(C)Oc1cc(NC(C)c2ncn[nH]2)cc([N+](=O)[O-])c1. The predicted molar refractivity (Wildman–Crippen MR) is 77.3 cm³/mol. The maximum Gasteiger partial charge on any atom is 0.275 e. The Balaban J connectivity index is 2.25. The van der Waals surface area contributed by atoms with Gasteiger partial charge in [-0.2, -0.15) is 5.10 Å². The van der Waals surface area contributed by atoms with Crippen LogP contribution in [0.4, 0.5) is 11.4 Å². The summed E-state index contributed by atoms with van der Waals surface area (Å²) in [6, 6.07) is 4.42. The molecule has 1 aromatic carbocycles. The van der Waals surface area contributed by atoms with Gasteiger partial charge >= 0.3 is 0 Å². The highest BCUT2D eigenvalue weighted by molar-refractivity contribution is 5.57. The number of nitrogens with zero attached hydrogens (tertiary/aromatic N) is 3. The van der Waals surface area contributed by atoms with Crippen LogP contribution in [0.2, 0.25) is 0 Å². The lowest BCUT2D eigenvalue weighted by Gasteiger charge is -2.15. The maximum atomic E-state index is 11.0. The summed E-state index contributed by atoms with van der Waals surface area (Å²) >= 11 is 0. The molecule has 0 aliphatic carbocycles. The van der Waals surface area contributed by atoms with Crippen molar-refractivity contribution >= 4 is 11.4 Å². The average Bonchev–Trinajstić information content (AvgIpc) is 2.91. The van der Waals surface area contributed by atoms with E-state index in [-0.39, 0.29) is 17.8 Å². The first-order chi connectivity index (χ1) is 9.95. The highest BCUT2D eigenvalue weighted by Gasteiger charge is 2.14. The number of non-ortho nitro benzene ring substituents is 1. The van der Waals surface area contributed by atoms with Crippen molar-refractivity contribution in [3.05, 3.63) is 40.5 Å². The molecule has 0 saturated heterocycles. The van der Waals surface area contributed by atoms with E-state index in [1.165, 1.54) is 18.5 Å². The summed E-state index contributed by atoms with van der Waals surface area (Å²) in [6.07, 6.45) is 1.35. The Morgan fingerprint density at radius 2 is 2.10 bits per heavy atom. The summed E-state index contributed by atoms with van der Waals surface area (Å²) in [6.45, 7) is 5.61. The van der Waals surface area contributed by atoms with Crippen molar-refractivity contribution in [2.24, 2.45) is 0 Å². The van der Waals surface area contributed by atoms with Crippen molar-refractivity contribution in [3.63, 3.8) is 0 Å².